The van der Waals surface area contributed by atoms with Gasteiger partial charge in [0.1, 0.15) is 5.82 Å². The molecule has 2 aliphatic carbocycles. The zero-order valence-corrected chi connectivity index (χ0v) is 21.9. The van der Waals surface area contributed by atoms with Gasteiger partial charge < -0.3 is 15.0 Å². The Morgan fingerprint density at radius 2 is 1.72 bits per heavy atom. The van der Waals surface area contributed by atoms with Crippen molar-refractivity contribution in [3.63, 3.8) is 0 Å². The van der Waals surface area contributed by atoms with Crippen LogP contribution in [0.15, 0.2) is 23.4 Å². The molecule has 0 amide bonds. The van der Waals surface area contributed by atoms with E-state index in [1.165, 1.54) is 36.4 Å². The molecule has 1 N–H and O–H groups in total. The molecule has 4 heterocycles. The van der Waals surface area contributed by atoms with Crippen LogP contribution >= 0.6 is 0 Å². The summed E-state index contributed by atoms with van der Waals surface area (Å²) in [5, 5.41) is 15.4. The Labute approximate surface area is 214 Å². The van der Waals surface area contributed by atoms with Crippen molar-refractivity contribution >= 4 is 17.5 Å². The highest BCUT2D eigenvalue weighted by Gasteiger charge is 2.39. The molecular weight excluding hydrogens is 452 g/mol. The summed E-state index contributed by atoms with van der Waals surface area (Å²) in [5.41, 5.74) is 3.72. The molecule has 194 valence electrons. The van der Waals surface area contributed by atoms with Crippen LogP contribution in [-0.4, -0.2) is 75.9 Å². The first-order chi connectivity index (χ1) is 17.5. The minimum atomic E-state index is 0.443. The Hall–Kier alpha value is -2.68. The Morgan fingerprint density at radius 1 is 0.944 bits per heavy atom. The lowest BCUT2D eigenvalue weighted by atomic mass is 9.76. The van der Waals surface area contributed by atoms with Crippen LogP contribution in [0, 0.1) is 5.92 Å². The number of nitrogens with zero attached hydrogens (tertiary/aromatic N) is 7. The first kappa shape index (κ1) is 23.7. The molecule has 1 saturated heterocycles. The number of fused-ring (bicyclic) bond motifs is 1. The SMILES string of the molecule is CC1=NN(C)C2CC(c3cc(NC4CCC(c5ccn(C)n5)CC4)nc(N4CCOCC4)n3)CCC12. The Kier molecular flexibility index (Phi) is 6.58. The molecule has 6 rings (SSSR count). The minimum Gasteiger partial charge on any atom is -0.378 e. The molecule has 36 heavy (non-hydrogen) atoms. The first-order valence-corrected chi connectivity index (χ1v) is 13.8. The average molecular weight is 493 g/mol. The lowest BCUT2D eigenvalue weighted by Gasteiger charge is -2.35. The van der Waals surface area contributed by atoms with E-state index in [-0.39, 0.29) is 0 Å². The van der Waals surface area contributed by atoms with Crippen molar-refractivity contribution in [1.82, 2.24) is 24.8 Å². The number of hydrogen-bond acceptors (Lipinski definition) is 8. The fourth-order valence-corrected chi connectivity index (χ4v) is 6.75. The van der Waals surface area contributed by atoms with Crippen LogP contribution < -0.4 is 10.2 Å². The summed E-state index contributed by atoms with van der Waals surface area (Å²) < 4.78 is 7.52. The molecule has 2 aromatic heterocycles. The van der Waals surface area contributed by atoms with Crippen LogP contribution in [0.25, 0.3) is 0 Å². The van der Waals surface area contributed by atoms with Crippen LogP contribution in [-0.2, 0) is 11.8 Å². The maximum absolute atomic E-state index is 5.60. The predicted molar refractivity (Wildman–Crippen MR) is 142 cm³/mol. The van der Waals surface area contributed by atoms with Crippen molar-refractivity contribution in [1.29, 1.82) is 0 Å². The molecule has 2 aromatic rings. The third-order valence-electron chi connectivity index (χ3n) is 8.83. The van der Waals surface area contributed by atoms with E-state index in [2.05, 4.69) is 52.6 Å². The molecule has 3 atom stereocenters. The lowest BCUT2D eigenvalue weighted by molar-refractivity contribution is 0.122. The Morgan fingerprint density at radius 3 is 2.47 bits per heavy atom. The third kappa shape index (κ3) is 4.82. The molecular formula is C27H40N8O. The van der Waals surface area contributed by atoms with Gasteiger partial charge in [-0.05, 0) is 57.9 Å². The number of aryl methyl sites for hydroxylation is 1. The highest BCUT2D eigenvalue weighted by Crippen LogP contribution is 2.41. The fourth-order valence-electron chi connectivity index (χ4n) is 6.75. The second-order valence-electron chi connectivity index (χ2n) is 11.2. The molecule has 9 heteroatoms. The number of anilines is 2. The van der Waals surface area contributed by atoms with E-state index in [1.54, 1.807) is 0 Å². The summed E-state index contributed by atoms with van der Waals surface area (Å²) in [6.07, 6.45) is 10.1. The van der Waals surface area contributed by atoms with Gasteiger partial charge in [0.25, 0.3) is 0 Å². The van der Waals surface area contributed by atoms with Gasteiger partial charge in [0.05, 0.1) is 30.6 Å². The van der Waals surface area contributed by atoms with Gasteiger partial charge in [-0.1, -0.05) is 0 Å². The van der Waals surface area contributed by atoms with Gasteiger partial charge in [-0.25, -0.2) is 4.98 Å². The van der Waals surface area contributed by atoms with Gasteiger partial charge in [-0.15, -0.1) is 0 Å². The molecule has 0 aromatic carbocycles. The second-order valence-corrected chi connectivity index (χ2v) is 11.2. The zero-order valence-electron chi connectivity index (χ0n) is 21.9. The molecule has 0 radical (unpaired) electrons. The molecule has 9 nitrogen and oxygen atoms in total. The van der Waals surface area contributed by atoms with Crippen LogP contribution in [0.4, 0.5) is 11.8 Å². The quantitative estimate of drug-likeness (QED) is 0.680. The van der Waals surface area contributed by atoms with Crippen LogP contribution in [0.5, 0.6) is 0 Å². The van der Waals surface area contributed by atoms with Crippen molar-refractivity contribution in [3.8, 4) is 0 Å². The summed E-state index contributed by atoms with van der Waals surface area (Å²) in [6, 6.07) is 5.34. The summed E-state index contributed by atoms with van der Waals surface area (Å²) in [6.45, 7) is 5.37. The maximum atomic E-state index is 5.60. The van der Waals surface area contributed by atoms with Gasteiger partial charge in [0.2, 0.25) is 5.95 Å². The smallest absolute Gasteiger partial charge is 0.227 e. The van der Waals surface area contributed by atoms with E-state index in [9.17, 15) is 0 Å². The number of hydrogen-bond donors (Lipinski definition) is 1. The molecule has 3 unspecified atom stereocenters. The highest BCUT2D eigenvalue weighted by molar-refractivity contribution is 5.86. The van der Waals surface area contributed by atoms with Crippen LogP contribution in [0.1, 0.15) is 75.1 Å². The van der Waals surface area contributed by atoms with Crippen molar-refractivity contribution in [2.45, 2.75) is 75.8 Å². The van der Waals surface area contributed by atoms with Crippen LogP contribution in [0.3, 0.4) is 0 Å². The molecule has 2 aliphatic heterocycles. The van der Waals surface area contributed by atoms with E-state index >= 15 is 0 Å². The summed E-state index contributed by atoms with van der Waals surface area (Å²) in [5.74, 6) is 3.45. The number of rotatable bonds is 5. The van der Waals surface area contributed by atoms with Gasteiger partial charge in [-0.3, -0.25) is 9.69 Å². The number of ether oxygens (including phenoxy) is 1. The van der Waals surface area contributed by atoms with Crippen molar-refractivity contribution in [3.05, 3.63) is 29.7 Å². The van der Waals surface area contributed by atoms with E-state index in [1.807, 2.05) is 11.7 Å². The van der Waals surface area contributed by atoms with E-state index in [0.717, 1.165) is 63.8 Å². The van der Waals surface area contributed by atoms with Crippen molar-refractivity contribution in [2.24, 2.45) is 18.1 Å². The average Bonchev–Trinajstić information content (AvgIpc) is 3.47. The topological polar surface area (TPSA) is 83.7 Å². The second kappa shape index (κ2) is 10.00. The maximum Gasteiger partial charge on any atom is 0.227 e. The highest BCUT2D eigenvalue weighted by atomic mass is 16.5. The molecule has 2 saturated carbocycles. The molecule has 4 aliphatic rings. The van der Waals surface area contributed by atoms with Gasteiger partial charge in [-0.2, -0.15) is 15.2 Å². The zero-order chi connectivity index (χ0) is 24.6. The largest absolute Gasteiger partial charge is 0.378 e. The molecule has 0 bridgehead atoms. The van der Waals surface area contributed by atoms with Gasteiger partial charge in [0, 0.05) is 69.0 Å². The standard InChI is InChI=1S/C27H40N8O/c1-18-22-9-6-20(16-25(22)34(3)31-18)24-17-26(30-27(29-24)35-12-14-36-15-13-35)28-21-7-4-19(5-8-21)23-10-11-33(2)32-23/h10-11,17,19-22,25H,4-9,12-16H2,1-3H3,(H,28,29,30). The van der Waals surface area contributed by atoms with Gasteiger partial charge in [0.15, 0.2) is 0 Å². The Balaban J connectivity index is 1.18. The third-order valence-corrected chi connectivity index (χ3v) is 8.83. The molecule has 0 spiro atoms. The summed E-state index contributed by atoms with van der Waals surface area (Å²) >= 11 is 0. The van der Waals surface area contributed by atoms with E-state index < -0.39 is 0 Å². The lowest BCUT2D eigenvalue weighted by Crippen LogP contribution is -2.38. The number of nitrogens with one attached hydrogen (secondary N) is 1. The molecule has 3 fully saturated rings. The van der Waals surface area contributed by atoms with Crippen molar-refractivity contribution in [2.75, 3.05) is 43.6 Å². The van der Waals surface area contributed by atoms with Crippen LogP contribution in [0.2, 0.25) is 0 Å². The van der Waals surface area contributed by atoms with Crippen molar-refractivity contribution < 1.29 is 4.74 Å². The first-order valence-electron chi connectivity index (χ1n) is 13.8. The number of aromatic nitrogens is 4. The minimum absolute atomic E-state index is 0.443. The number of morpholine rings is 1. The van der Waals surface area contributed by atoms with Gasteiger partial charge >= 0.3 is 0 Å². The predicted octanol–water partition coefficient (Wildman–Crippen LogP) is 3.76. The summed E-state index contributed by atoms with van der Waals surface area (Å²) in [4.78, 5) is 12.4. The van der Waals surface area contributed by atoms with E-state index in [4.69, 9.17) is 19.8 Å². The van der Waals surface area contributed by atoms with E-state index in [0.29, 0.717) is 29.8 Å². The number of hydrazone groups is 1. The monoisotopic (exact) mass is 492 g/mol. The fraction of sp³-hybridized carbons (Fsp3) is 0.704. The normalized spacial score (nSPS) is 30.8. The Bertz CT molecular complexity index is 1090. The summed E-state index contributed by atoms with van der Waals surface area (Å²) in [7, 11) is 4.13.